The number of aryl methyl sites for hydroxylation is 1. The summed E-state index contributed by atoms with van der Waals surface area (Å²) in [5.74, 6) is 0.937. The molecule has 0 radical (unpaired) electrons. The van der Waals surface area contributed by atoms with Crippen molar-refractivity contribution in [1.82, 2.24) is 4.98 Å². The van der Waals surface area contributed by atoms with Crippen molar-refractivity contribution >= 4 is 43.0 Å². The fourth-order valence-corrected chi connectivity index (χ4v) is 4.90. The molecule has 0 amide bonds. The van der Waals surface area contributed by atoms with E-state index in [1.165, 1.54) is 9.40 Å². The van der Waals surface area contributed by atoms with Crippen molar-refractivity contribution in [2.24, 2.45) is 5.92 Å². The number of fused-ring (bicyclic) bond motifs is 3. The molecular formula is C16H14N2OS2. The second-order valence-corrected chi connectivity index (χ2v) is 7.59. The Balaban J connectivity index is 1.83. The van der Waals surface area contributed by atoms with E-state index in [0.717, 1.165) is 40.9 Å². The van der Waals surface area contributed by atoms with Gasteiger partial charge in [0.2, 0.25) is 0 Å². The lowest BCUT2D eigenvalue weighted by molar-refractivity contribution is 0.185. The number of thiophene rings is 1. The van der Waals surface area contributed by atoms with E-state index in [9.17, 15) is 5.26 Å². The van der Waals surface area contributed by atoms with E-state index in [4.69, 9.17) is 4.74 Å². The monoisotopic (exact) mass is 314 g/mol. The topological polar surface area (TPSA) is 45.9 Å². The van der Waals surface area contributed by atoms with Gasteiger partial charge in [-0.05, 0) is 37.6 Å². The van der Waals surface area contributed by atoms with Crippen molar-refractivity contribution in [3.63, 3.8) is 0 Å². The summed E-state index contributed by atoms with van der Waals surface area (Å²) in [4.78, 5) is 4.64. The second-order valence-electron chi connectivity index (χ2n) is 5.44. The average molecular weight is 314 g/mol. The first-order valence-corrected chi connectivity index (χ1v) is 8.79. The molecule has 0 aliphatic heterocycles. The van der Waals surface area contributed by atoms with Crippen LogP contribution in [0.5, 0.6) is 5.75 Å². The van der Waals surface area contributed by atoms with Crippen molar-refractivity contribution in [3.05, 3.63) is 22.5 Å². The average Bonchev–Trinajstić information content (AvgIpc) is 3.16. The summed E-state index contributed by atoms with van der Waals surface area (Å²) in [5, 5.41) is 13.5. The summed E-state index contributed by atoms with van der Waals surface area (Å²) < 4.78 is 8.59. The fraction of sp³-hybridized carbons (Fsp3) is 0.375. The maximum atomic E-state index is 9.23. The number of hydrogen-bond acceptors (Lipinski definition) is 5. The zero-order valence-electron chi connectivity index (χ0n) is 11.6. The predicted molar refractivity (Wildman–Crippen MR) is 87.1 cm³/mol. The molecule has 0 saturated heterocycles. The number of rotatable bonds is 2. The number of aromatic nitrogens is 1. The van der Waals surface area contributed by atoms with Gasteiger partial charge in [-0.1, -0.05) is 0 Å². The van der Waals surface area contributed by atoms with Gasteiger partial charge >= 0.3 is 0 Å². The van der Waals surface area contributed by atoms with Gasteiger partial charge in [-0.2, -0.15) is 5.26 Å². The zero-order valence-corrected chi connectivity index (χ0v) is 13.3. The highest BCUT2D eigenvalue weighted by molar-refractivity contribution is 7.21. The van der Waals surface area contributed by atoms with Gasteiger partial charge in [-0.25, -0.2) is 4.98 Å². The standard InChI is InChI=1S/C16H14N2OS2/c1-9-18-15-14(21-9)7-13(11-5-6-20-16(11)15)19-12-4-2-3-10(12)8-17/h5-7,10,12H,2-4H2,1H3. The number of nitrogens with zero attached hydrogens (tertiary/aromatic N) is 2. The van der Waals surface area contributed by atoms with E-state index >= 15 is 0 Å². The van der Waals surface area contributed by atoms with Crippen LogP contribution in [-0.2, 0) is 0 Å². The minimum absolute atomic E-state index is 0.0255. The Bertz CT molecular complexity index is 858. The van der Waals surface area contributed by atoms with E-state index < -0.39 is 0 Å². The smallest absolute Gasteiger partial charge is 0.130 e. The van der Waals surface area contributed by atoms with Gasteiger partial charge in [0.15, 0.2) is 0 Å². The Kier molecular flexibility index (Phi) is 3.09. The number of nitriles is 1. The summed E-state index contributed by atoms with van der Waals surface area (Å²) in [6, 6.07) is 6.58. The van der Waals surface area contributed by atoms with Gasteiger partial charge in [0.25, 0.3) is 0 Å². The van der Waals surface area contributed by atoms with E-state index in [-0.39, 0.29) is 12.0 Å². The van der Waals surface area contributed by atoms with Crippen molar-refractivity contribution < 1.29 is 4.74 Å². The van der Waals surface area contributed by atoms with Crippen LogP contribution in [0.2, 0.25) is 0 Å². The first kappa shape index (κ1) is 13.1. The van der Waals surface area contributed by atoms with Crippen LogP contribution in [0.25, 0.3) is 20.3 Å². The lowest BCUT2D eigenvalue weighted by Gasteiger charge is -2.17. The Hall–Kier alpha value is -1.64. The van der Waals surface area contributed by atoms with Crippen LogP contribution in [0.1, 0.15) is 24.3 Å². The third-order valence-electron chi connectivity index (χ3n) is 4.06. The molecular weight excluding hydrogens is 300 g/mol. The summed E-state index contributed by atoms with van der Waals surface area (Å²) in [7, 11) is 0. The summed E-state index contributed by atoms with van der Waals surface area (Å²) in [5.41, 5.74) is 1.08. The van der Waals surface area contributed by atoms with Gasteiger partial charge in [-0.15, -0.1) is 22.7 Å². The van der Waals surface area contributed by atoms with Crippen LogP contribution in [0, 0.1) is 24.2 Å². The SMILES string of the molecule is Cc1nc2c(cc(OC3CCCC3C#N)c3ccsc32)s1. The van der Waals surface area contributed by atoms with Crippen molar-refractivity contribution in [2.45, 2.75) is 32.3 Å². The molecule has 3 nitrogen and oxygen atoms in total. The molecule has 1 fully saturated rings. The van der Waals surface area contributed by atoms with Crippen LogP contribution >= 0.6 is 22.7 Å². The third-order valence-corrected chi connectivity index (χ3v) is 5.90. The fourth-order valence-electron chi connectivity index (χ4n) is 3.06. The van der Waals surface area contributed by atoms with Crippen molar-refractivity contribution in [1.29, 1.82) is 5.26 Å². The molecule has 5 heteroatoms. The molecule has 0 bridgehead atoms. The van der Waals surface area contributed by atoms with Crippen molar-refractivity contribution in [2.75, 3.05) is 0 Å². The van der Waals surface area contributed by atoms with E-state index in [0.29, 0.717) is 0 Å². The largest absolute Gasteiger partial charge is 0.488 e. The van der Waals surface area contributed by atoms with Crippen LogP contribution in [-0.4, -0.2) is 11.1 Å². The summed E-state index contributed by atoms with van der Waals surface area (Å²) in [6.07, 6.45) is 3.04. The number of hydrogen-bond donors (Lipinski definition) is 0. The molecule has 0 spiro atoms. The van der Waals surface area contributed by atoms with Gasteiger partial charge in [0.1, 0.15) is 11.9 Å². The quantitative estimate of drug-likeness (QED) is 0.676. The van der Waals surface area contributed by atoms with Crippen LogP contribution in [0.4, 0.5) is 0 Å². The molecule has 2 aromatic heterocycles. The molecule has 2 unspecified atom stereocenters. The minimum atomic E-state index is 0.0255. The highest BCUT2D eigenvalue weighted by Gasteiger charge is 2.29. The summed E-state index contributed by atoms with van der Waals surface area (Å²) in [6.45, 7) is 2.04. The molecule has 1 aliphatic rings. The Morgan fingerprint density at radius 2 is 2.33 bits per heavy atom. The maximum absolute atomic E-state index is 9.23. The summed E-state index contributed by atoms with van der Waals surface area (Å²) >= 11 is 3.41. The van der Waals surface area contributed by atoms with E-state index in [1.54, 1.807) is 22.7 Å². The Morgan fingerprint density at radius 3 is 3.19 bits per heavy atom. The second kappa shape index (κ2) is 4.97. The van der Waals surface area contributed by atoms with Crippen LogP contribution < -0.4 is 4.74 Å². The van der Waals surface area contributed by atoms with Crippen LogP contribution in [0.3, 0.4) is 0 Å². The number of thiazole rings is 1. The highest BCUT2D eigenvalue weighted by Crippen LogP contribution is 2.40. The first-order chi connectivity index (χ1) is 10.3. The number of ether oxygens (including phenoxy) is 1. The molecule has 1 saturated carbocycles. The molecule has 1 aromatic carbocycles. The predicted octanol–water partition coefficient (Wildman–Crippen LogP) is 4.89. The maximum Gasteiger partial charge on any atom is 0.130 e. The molecule has 2 heterocycles. The minimum Gasteiger partial charge on any atom is -0.488 e. The van der Waals surface area contributed by atoms with Crippen LogP contribution in [0.15, 0.2) is 17.5 Å². The van der Waals surface area contributed by atoms with Crippen molar-refractivity contribution in [3.8, 4) is 11.8 Å². The van der Waals surface area contributed by atoms with E-state index in [1.807, 2.05) is 6.92 Å². The molecule has 2 atom stereocenters. The lowest BCUT2D eigenvalue weighted by atomic mass is 10.1. The third kappa shape index (κ3) is 2.10. The van der Waals surface area contributed by atoms with Gasteiger partial charge in [-0.3, -0.25) is 0 Å². The number of benzene rings is 1. The Morgan fingerprint density at radius 1 is 1.43 bits per heavy atom. The van der Waals surface area contributed by atoms with E-state index in [2.05, 4.69) is 28.6 Å². The van der Waals surface area contributed by atoms with Gasteiger partial charge in [0.05, 0.1) is 31.9 Å². The van der Waals surface area contributed by atoms with Gasteiger partial charge in [0, 0.05) is 11.5 Å². The normalized spacial score (nSPS) is 21.9. The molecule has 4 rings (SSSR count). The molecule has 106 valence electrons. The molecule has 3 aromatic rings. The van der Waals surface area contributed by atoms with Gasteiger partial charge < -0.3 is 4.74 Å². The molecule has 1 aliphatic carbocycles. The first-order valence-electron chi connectivity index (χ1n) is 7.10. The Labute approximate surface area is 130 Å². The lowest BCUT2D eigenvalue weighted by Crippen LogP contribution is -2.20. The molecule has 0 N–H and O–H groups in total. The highest BCUT2D eigenvalue weighted by atomic mass is 32.1. The molecule has 21 heavy (non-hydrogen) atoms. The zero-order chi connectivity index (χ0) is 14.4.